The molecule has 0 aliphatic carbocycles. The summed E-state index contributed by atoms with van der Waals surface area (Å²) in [5.41, 5.74) is 4.61. The van der Waals surface area contributed by atoms with E-state index in [9.17, 15) is 4.79 Å². The van der Waals surface area contributed by atoms with Crippen LogP contribution in [0.15, 0.2) is 54.6 Å². The van der Waals surface area contributed by atoms with Gasteiger partial charge in [-0.25, -0.2) is 0 Å². The summed E-state index contributed by atoms with van der Waals surface area (Å²) < 4.78 is 5.24. The van der Waals surface area contributed by atoms with E-state index in [0.717, 1.165) is 38.8 Å². The van der Waals surface area contributed by atoms with Crippen LogP contribution in [-0.2, 0) is 0 Å². The van der Waals surface area contributed by atoms with Crippen LogP contribution in [0.1, 0.15) is 20.1 Å². The molecular weight excluding hydrogens is 381 g/mol. The van der Waals surface area contributed by atoms with E-state index in [-0.39, 0.29) is 5.91 Å². The molecule has 3 aromatic rings. The van der Waals surface area contributed by atoms with Crippen molar-refractivity contribution in [3.8, 4) is 5.75 Å². The molecule has 0 bridgehead atoms. The maximum atomic E-state index is 12.6. The van der Waals surface area contributed by atoms with Crippen LogP contribution in [0, 0.1) is 6.92 Å². The molecule has 0 atom stereocenters. The zero-order valence-electron chi connectivity index (χ0n) is 17.1. The third-order valence-electron chi connectivity index (χ3n) is 4.49. The molecule has 0 aliphatic rings. The first-order valence-electron chi connectivity index (χ1n) is 9.17. The van der Waals surface area contributed by atoms with Crippen LogP contribution in [0.4, 0.5) is 17.1 Å². The number of thiophene rings is 1. The Kier molecular flexibility index (Phi) is 6.39. The number of anilines is 3. The molecule has 1 amide bonds. The maximum absolute atomic E-state index is 12.6. The Bertz CT molecular complexity index is 1030. The fourth-order valence-corrected chi connectivity index (χ4v) is 3.61. The summed E-state index contributed by atoms with van der Waals surface area (Å²) in [5, 5.41) is 6.26. The minimum absolute atomic E-state index is 0.132. The Morgan fingerprint density at radius 2 is 1.69 bits per heavy atom. The Morgan fingerprint density at radius 3 is 2.31 bits per heavy atom. The Morgan fingerprint density at radius 1 is 1.00 bits per heavy atom. The average Bonchev–Trinajstić information content (AvgIpc) is 3.20. The summed E-state index contributed by atoms with van der Waals surface area (Å²) in [6, 6.07) is 17.3. The molecule has 0 saturated carbocycles. The van der Waals surface area contributed by atoms with Crippen LogP contribution in [0.3, 0.4) is 0 Å². The molecule has 148 valence electrons. The second-order valence-electron chi connectivity index (χ2n) is 6.84. The van der Waals surface area contributed by atoms with Gasteiger partial charge in [-0.3, -0.25) is 0 Å². The molecule has 7 heteroatoms. The number of carbonyl (C=O) groups excluding carboxylic acids is 1. The quantitative estimate of drug-likeness (QED) is 0.586. The third kappa shape index (κ3) is 5.06. The van der Waals surface area contributed by atoms with Crippen molar-refractivity contribution in [1.29, 1.82) is 0 Å². The molecule has 2 aromatic carbocycles. The number of rotatable bonds is 7. The van der Waals surface area contributed by atoms with Gasteiger partial charge in [-0.1, -0.05) is 0 Å². The fourth-order valence-electron chi connectivity index (χ4n) is 2.79. The number of hydrogen-bond acceptors (Lipinski definition) is 5. The first-order valence-corrected chi connectivity index (χ1v) is 9.98. The van der Waals surface area contributed by atoms with Crippen molar-refractivity contribution in [3.05, 3.63) is 69.9 Å². The number of nitrogens with one attached hydrogen (secondary N) is 2. The number of methoxy groups -OCH3 is 1. The minimum atomic E-state index is -0.132. The van der Waals surface area contributed by atoms with E-state index in [1.165, 1.54) is 11.3 Å². The van der Waals surface area contributed by atoms with Gasteiger partial charge in [0.25, 0.3) is 0 Å². The van der Waals surface area contributed by atoms with E-state index >= 15 is 0 Å². The monoisotopic (exact) mass is 405 g/mol. The Hall–Kier alpha value is -3.06. The van der Waals surface area contributed by atoms with Crippen molar-refractivity contribution in [1.82, 2.24) is 0 Å². The van der Waals surface area contributed by atoms with Crippen LogP contribution < -0.4 is 20.3 Å². The van der Waals surface area contributed by atoms with Gasteiger partial charge < -0.3 is 0 Å². The molecule has 0 fully saturated rings. The molecule has 0 spiro atoms. The van der Waals surface area contributed by atoms with Gasteiger partial charge in [0.15, 0.2) is 0 Å². The third-order valence-corrected chi connectivity index (χ3v) is 5.63. The average molecular weight is 405 g/mol. The summed E-state index contributed by atoms with van der Waals surface area (Å²) in [7, 11) is 9.73. The van der Waals surface area contributed by atoms with E-state index in [0.29, 0.717) is 4.88 Å². The van der Waals surface area contributed by atoms with Crippen molar-refractivity contribution >= 4 is 47.4 Å². The van der Waals surface area contributed by atoms with E-state index in [2.05, 4.69) is 18.1 Å². The standard InChI is InChI=1S/C22H24BN3O2S/c1-14-13-17(28-4)9-10-18(14)25-21(23)19-11-12-20(29-19)22(27)24-15-5-7-16(8-6-15)26(2)3/h5-13,23,25H,1-4H3,(H,24,27). The molecule has 0 radical (unpaired) electrons. The summed E-state index contributed by atoms with van der Waals surface area (Å²) in [6.45, 7) is 2.01. The van der Waals surface area contributed by atoms with Crippen LogP contribution >= 0.6 is 11.3 Å². The van der Waals surface area contributed by atoms with Gasteiger partial charge in [0.05, 0.1) is 0 Å². The van der Waals surface area contributed by atoms with Crippen molar-refractivity contribution in [2.24, 2.45) is 0 Å². The number of hydrogen-bond donors (Lipinski definition) is 2. The van der Waals surface area contributed by atoms with Crippen molar-refractivity contribution in [2.45, 2.75) is 6.92 Å². The van der Waals surface area contributed by atoms with Crippen LogP contribution in [0.2, 0.25) is 0 Å². The molecule has 3 rings (SSSR count). The van der Waals surface area contributed by atoms with Crippen molar-refractivity contribution in [3.63, 3.8) is 0 Å². The molecule has 5 nitrogen and oxygen atoms in total. The molecule has 0 unspecified atom stereocenters. The summed E-state index contributed by atoms with van der Waals surface area (Å²) >= 11 is 1.40. The number of aryl methyl sites for hydroxylation is 1. The van der Waals surface area contributed by atoms with Gasteiger partial charge in [-0.2, -0.15) is 0 Å². The zero-order chi connectivity index (χ0) is 21.0. The van der Waals surface area contributed by atoms with Gasteiger partial charge in [0.1, 0.15) is 0 Å². The second kappa shape index (κ2) is 8.96. The number of benzene rings is 2. The molecule has 1 aromatic heterocycles. The van der Waals surface area contributed by atoms with Gasteiger partial charge in [-0.05, 0) is 0 Å². The zero-order valence-corrected chi connectivity index (χ0v) is 17.9. The predicted molar refractivity (Wildman–Crippen MR) is 126 cm³/mol. The predicted octanol–water partition coefficient (Wildman–Crippen LogP) is 3.87. The number of amides is 1. The molecule has 29 heavy (non-hydrogen) atoms. The molecule has 0 saturated heterocycles. The van der Waals surface area contributed by atoms with E-state index in [1.807, 2.05) is 80.5 Å². The number of ether oxygens (including phenoxy) is 1. The second-order valence-corrected chi connectivity index (χ2v) is 7.93. The number of nitrogens with zero attached hydrogens (tertiary/aromatic N) is 1. The van der Waals surface area contributed by atoms with Crippen LogP contribution in [0.5, 0.6) is 5.75 Å². The molecule has 2 N–H and O–H groups in total. The van der Waals surface area contributed by atoms with E-state index in [4.69, 9.17) is 4.74 Å². The Balaban J connectivity index is 1.66. The van der Waals surface area contributed by atoms with E-state index < -0.39 is 0 Å². The van der Waals surface area contributed by atoms with Crippen molar-refractivity contribution in [2.75, 3.05) is 36.7 Å². The Labute approximate surface area is 176 Å². The van der Waals surface area contributed by atoms with Crippen LogP contribution in [-0.4, -0.2) is 40.2 Å². The van der Waals surface area contributed by atoms with E-state index in [1.54, 1.807) is 7.11 Å². The van der Waals surface area contributed by atoms with Gasteiger partial charge in [0, 0.05) is 0 Å². The van der Waals surface area contributed by atoms with Crippen molar-refractivity contribution < 1.29 is 9.53 Å². The SMILES string of the molecule is B=C(Nc1ccc(OC)cc1C)c1ccc(C(=O)Nc2ccc(N(C)C)cc2)s1. The van der Waals surface area contributed by atoms with Gasteiger partial charge >= 0.3 is 176 Å². The topological polar surface area (TPSA) is 53.6 Å². The summed E-state index contributed by atoms with van der Waals surface area (Å²) in [5.74, 6) is 0.680. The normalized spacial score (nSPS) is 10.3. The fraction of sp³-hybridized carbons (Fsp3) is 0.182. The van der Waals surface area contributed by atoms with Crippen LogP contribution in [0.25, 0.3) is 0 Å². The first kappa shape index (κ1) is 20.7. The summed E-state index contributed by atoms with van der Waals surface area (Å²) in [4.78, 5) is 16.1. The number of carbonyl (C=O) groups is 1. The molecule has 0 aliphatic heterocycles. The molecule has 1 heterocycles. The molecular formula is C22H24BN3O2S. The van der Waals surface area contributed by atoms with Gasteiger partial charge in [-0.15, -0.1) is 0 Å². The summed E-state index contributed by atoms with van der Waals surface area (Å²) in [6.07, 6.45) is 0. The van der Waals surface area contributed by atoms with Gasteiger partial charge in [0.2, 0.25) is 0 Å². The first-order chi connectivity index (χ1) is 13.9.